The second-order valence-corrected chi connectivity index (χ2v) is 5.81. The molecule has 1 N–H and O–H groups in total. The van der Waals surface area contributed by atoms with Crippen molar-refractivity contribution in [3.05, 3.63) is 23.0 Å². The van der Waals surface area contributed by atoms with Gasteiger partial charge in [0.05, 0.1) is 0 Å². The molecule has 1 aromatic rings. The van der Waals surface area contributed by atoms with Crippen molar-refractivity contribution in [1.29, 1.82) is 0 Å². The van der Waals surface area contributed by atoms with Gasteiger partial charge in [-0.15, -0.1) is 0 Å². The molecule has 0 bridgehead atoms. The van der Waals surface area contributed by atoms with Crippen LogP contribution < -0.4 is 5.32 Å². The highest BCUT2D eigenvalue weighted by atomic mass is 16.2. The number of nitrogens with one attached hydrogen (secondary N) is 1. The third kappa shape index (κ3) is 2.31. The number of amides is 1. The maximum atomic E-state index is 11.6. The molecule has 0 saturated heterocycles. The molecule has 0 atom stereocenters. The maximum absolute atomic E-state index is 11.6. The second kappa shape index (κ2) is 4.45. The third-order valence-corrected chi connectivity index (χ3v) is 4.14. The lowest BCUT2D eigenvalue weighted by molar-refractivity contribution is -0.122. The number of hydrogen-bond acceptors (Lipinski definition) is 1. The van der Waals surface area contributed by atoms with E-state index in [-0.39, 0.29) is 5.91 Å². The van der Waals surface area contributed by atoms with Crippen molar-refractivity contribution in [3.8, 4) is 0 Å². The fourth-order valence-electron chi connectivity index (χ4n) is 2.80. The molecule has 0 aliphatic heterocycles. The van der Waals surface area contributed by atoms with E-state index < -0.39 is 0 Å². The molecule has 3 rings (SSSR count). The molecule has 2 aliphatic carbocycles. The van der Waals surface area contributed by atoms with Crippen LogP contribution in [0, 0.1) is 19.8 Å². The molecule has 0 aromatic carbocycles. The number of carbonyl (C=O) groups excluding carboxylic acids is 1. The van der Waals surface area contributed by atoms with Crippen LogP contribution in [0.5, 0.6) is 0 Å². The van der Waals surface area contributed by atoms with Gasteiger partial charge >= 0.3 is 0 Å². The highest BCUT2D eigenvalue weighted by molar-refractivity contribution is 5.80. The summed E-state index contributed by atoms with van der Waals surface area (Å²) < 4.78 is 2.47. The predicted octanol–water partition coefficient (Wildman–Crippen LogP) is 2.51. The topological polar surface area (TPSA) is 34.0 Å². The van der Waals surface area contributed by atoms with Crippen LogP contribution in [-0.2, 0) is 11.2 Å². The highest BCUT2D eigenvalue weighted by Gasteiger charge is 2.29. The lowest BCUT2D eigenvalue weighted by Crippen LogP contribution is -2.27. The lowest BCUT2D eigenvalue weighted by atomic mass is 10.2. The summed E-state index contributed by atoms with van der Waals surface area (Å²) in [6, 6.07) is 3.04. The van der Waals surface area contributed by atoms with Gasteiger partial charge < -0.3 is 9.88 Å². The summed E-state index contributed by atoms with van der Waals surface area (Å²) in [6.07, 6.45) is 5.79. The molecular weight excluding hydrogens is 224 g/mol. The van der Waals surface area contributed by atoms with Crippen LogP contribution in [0.15, 0.2) is 6.07 Å². The molecule has 0 spiro atoms. The number of aryl methyl sites for hydroxylation is 1. The first-order valence-corrected chi connectivity index (χ1v) is 7.12. The normalized spacial score (nSPS) is 19.0. The van der Waals surface area contributed by atoms with Crippen LogP contribution in [-0.4, -0.2) is 17.0 Å². The Bertz CT molecular complexity index is 467. The Morgan fingerprint density at radius 3 is 2.67 bits per heavy atom. The highest BCUT2D eigenvalue weighted by Crippen LogP contribution is 2.38. The standard InChI is InChI=1S/C15H22N2O/c1-10-9-13(11(2)17(10)14-5-6-14)7-8-16-15(18)12-3-4-12/h9,12,14H,3-8H2,1-2H3,(H,16,18). The molecule has 98 valence electrons. The fraction of sp³-hybridized carbons (Fsp3) is 0.667. The summed E-state index contributed by atoms with van der Waals surface area (Å²) in [6.45, 7) is 5.19. The summed E-state index contributed by atoms with van der Waals surface area (Å²) >= 11 is 0. The van der Waals surface area contributed by atoms with Gasteiger partial charge in [-0.3, -0.25) is 4.79 Å². The van der Waals surface area contributed by atoms with Gasteiger partial charge in [0, 0.05) is 29.9 Å². The zero-order valence-electron chi connectivity index (χ0n) is 11.3. The second-order valence-electron chi connectivity index (χ2n) is 5.81. The van der Waals surface area contributed by atoms with E-state index in [0.29, 0.717) is 5.92 Å². The summed E-state index contributed by atoms with van der Waals surface area (Å²) in [5, 5.41) is 3.05. The predicted molar refractivity (Wildman–Crippen MR) is 71.6 cm³/mol. The summed E-state index contributed by atoms with van der Waals surface area (Å²) in [5.74, 6) is 0.579. The lowest BCUT2D eigenvalue weighted by Gasteiger charge is -2.08. The molecular formula is C15H22N2O. The van der Waals surface area contributed by atoms with Gasteiger partial charge in [0.2, 0.25) is 5.91 Å². The SMILES string of the molecule is Cc1cc(CCNC(=O)C2CC2)c(C)n1C1CC1. The Morgan fingerprint density at radius 2 is 2.06 bits per heavy atom. The molecule has 1 heterocycles. The molecule has 18 heavy (non-hydrogen) atoms. The molecule has 2 fully saturated rings. The van der Waals surface area contributed by atoms with Crippen LogP contribution in [0.3, 0.4) is 0 Å². The van der Waals surface area contributed by atoms with Crippen molar-refractivity contribution in [2.45, 2.75) is 52.0 Å². The minimum Gasteiger partial charge on any atom is -0.356 e. The Hall–Kier alpha value is -1.25. The summed E-state index contributed by atoms with van der Waals surface area (Å²) in [7, 11) is 0. The quantitative estimate of drug-likeness (QED) is 0.851. The molecule has 0 radical (unpaired) electrons. The Labute approximate surface area is 109 Å². The van der Waals surface area contributed by atoms with Crippen molar-refractivity contribution >= 4 is 5.91 Å². The third-order valence-electron chi connectivity index (χ3n) is 4.14. The fourth-order valence-corrected chi connectivity index (χ4v) is 2.80. The van der Waals surface area contributed by atoms with Gasteiger partial charge in [0.15, 0.2) is 0 Å². The minimum atomic E-state index is 0.256. The molecule has 0 unspecified atom stereocenters. The van der Waals surface area contributed by atoms with Crippen LogP contribution in [0.1, 0.15) is 48.7 Å². The van der Waals surface area contributed by atoms with E-state index in [2.05, 4.69) is 29.8 Å². The van der Waals surface area contributed by atoms with E-state index in [0.717, 1.165) is 31.8 Å². The van der Waals surface area contributed by atoms with E-state index in [1.165, 1.54) is 29.8 Å². The molecule has 1 amide bonds. The van der Waals surface area contributed by atoms with Crippen LogP contribution in [0.2, 0.25) is 0 Å². The molecule has 2 aliphatic rings. The van der Waals surface area contributed by atoms with Crippen LogP contribution in [0.25, 0.3) is 0 Å². The van der Waals surface area contributed by atoms with Crippen molar-refractivity contribution < 1.29 is 4.79 Å². The largest absolute Gasteiger partial charge is 0.356 e. The van der Waals surface area contributed by atoms with E-state index >= 15 is 0 Å². The number of aromatic nitrogens is 1. The van der Waals surface area contributed by atoms with E-state index in [9.17, 15) is 4.79 Å². The molecule has 2 saturated carbocycles. The zero-order chi connectivity index (χ0) is 12.7. The first kappa shape index (κ1) is 11.8. The number of hydrogen-bond donors (Lipinski definition) is 1. The average molecular weight is 246 g/mol. The van der Waals surface area contributed by atoms with E-state index in [1.807, 2.05) is 0 Å². The van der Waals surface area contributed by atoms with Gasteiger partial charge in [0.1, 0.15) is 0 Å². The first-order chi connectivity index (χ1) is 8.66. The van der Waals surface area contributed by atoms with Gasteiger partial charge in [-0.1, -0.05) is 0 Å². The number of nitrogens with zero attached hydrogens (tertiary/aromatic N) is 1. The zero-order valence-corrected chi connectivity index (χ0v) is 11.3. The van der Waals surface area contributed by atoms with Crippen molar-refractivity contribution in [2.75, 3.05) is 6.54 Å². The van der Waals surface area contributed by atoms with Crippen LogP contribution in [0.4, 0.5) is 0 Å². The Kier molecular flexibility index (Phi) is 2.92. The van der Waals surface area contributed by atoms with Gasteiger partial charge in [-0.2, -0.15) is 0 Å². The summed E-state index contributed by atoms with van der Waals surface area (Å²) in [4.78, 5) is 11.6. The monoisotopic (exact) mass is 246 g/mol. The number of carbonyl (C=O) groups is 1. The van der Waals surface area contributed by atoms with Crippen LogP contribution >= 0.6 is 0 Å². The molecule has 1 aromatic heterocycles. The molecule has 3 nitrogen and oxygen atoms in total. The Morgan fingerprint density at radius 1 is 1.33 bits per heavy atom. The van der Waals surface area contributed by atoms with E-state index in [4.69, 9.17) is 0 Å². The van der Waals surface area contributed by atoms with Gasteiger partial charge in [0.25, 0.3) is 0 Å². The smallest absolute Gasteiger partial charge is 0.223 e. The van der Waals surface area contributed by atoms with E-state index in [1.54, 1.807) is 0 Å². The van der Waals surface area contributed by atoms with Crippen molar-refractivity contribution in [1.82, 2.24) is 9.88 Å². The summed E-state index contributed by atoms with van der Waals surface area (Å²) in [5.41, 5.74) is 4.17. The molecule has 3 heteroatoms. The maximum Gasteiger partial charge on any atom is 0.223 e. The van der Waals surface area contributed by atoms with Crippen molar-refractivity contribution in [3.63, 3.8) is 0 Å². The number of rotatable bonds is 5. The Balaban J connectivity index is 1.58. The van der Waals surface area contributed by atoms with Crippen molar-refractivity contribution in [2.24, 2.45) is 5.92 Å². The van der Waals surface area contributed by atoms with Gasteiger partial charge in [-0.05, 0) is 57.6 Å². The first-order valence-electron chi connectivity index (χ1n) is 7.12. The van der Waals surface area contributed by atoms with Gasteiger partial charge in [-0.25, -0.2) is 0 Å². The minimum absolute atomic E-state index is 0.256. The average Bonchev–Trinajstić information content (AvgIpc) is 3.20.